The number of ketones is 1. The van der Waals surface area contributed by atoms with Crippen LogP contribution in [0.2, 0.25) is 0 Å². The van der Waals surface area contributed by atoms with Crippen molar-refractivity contribution in [3.8, 4) is 16.9 Å². The molecule has 20 heavy (non-hydrogen) atoms. The van der Waals surface area contributed by atoms with E-state index in [0.29, 0.717) is 0 Å². The second-order valence-electron chi connectivity index (χ2n) is 4.93. The lowest BCUT2D eigenvalue weighted by atomic mass is 10.1. The molecule has 0 bridgehead atoms. The summed E-state index contributed by atoms with van der Waals surface area (Å²) in [4.78, 5) is 12.5. The van der Waals surface area contributed by atoms with E-state index in [9.17, 15) is 4.79 Å². The first-order valence-electron chi connectivity index (χ1n) is 6.56. The first kappa shape index (κ1) is 11.2. The van der Waals surface area contributed by atoms with E-state index >= 15 is 0 Å². The predicted octanol–water partition coefficient (Wildman–Crippen LogP) is 3.39. The number of hydrogen-bond acceptors (Lipinski definition) is 2. The van der Waals surface area contributed by atoms with Gasteiger partial charge in [-0.2, -0.15) is 5.10 Å². The first-order chi connectivity index (χ1) is 9.77. The Hall–Kier alpha value is -2.68. The number of carbonyl (C=O) groups excluding carboxylic acids is 1. The first-order valence-corrected chi connectivity index (χ1v) is 6.56. The molecule has 3 aromatic rings. The summed E-state index contributed by atoms with van der Waals surface area (Å²) in [5.41, 5.74) is 5.10. The Morgan fingerprint density at radius 2 is 1.55 bits per heavy atom. The maximum Gasteiger partial charge on any atom is 0.197 e. The SMILES string of the molecule is Cc1c2c(nn1-c1ccccc1)-c1ccccc1C2=O. The Morgan fingerprint density at radius 1 is 0.900 bits per heavy atom. The molecular weight excluding hydrogens is 248 g/mol. The van der Waals surface area contributed by atoms with Crippen molar-refractivity contribution in [2.75, 3.05) is 0 Å². The van der Waals surface area contributed by atoms with Gasteiger partial charge in [0.25, 0.3) is 0 Å². The van der Waals surface area contributed by atoms with E-state index in [0.717, 1.165) is 33.8 Å². The van der Waals surface area contributed by atoms with Gasteiger partial charge >= 0.3 is 0 Å². The van der Waals surface area contributed by atoms with Gasteiger partial charge in [-0.25, -0.2) is 4.68 Å². The molecule has 0 saturated carbocycles. The number of nitrogens with zero attached hydrogens (tertiary/aromatic N) is 2. The summed E-state index contributed by atoms with van der Waals surface area (Å²) in [6.07, 6.45) is 0. The highest BCUT2D eigenvalue weighted by atomic mass is 16.1. The molecular formula is C17H12N2O. The third-order valence-electron chi connectivity index (χ3n) is 3.77. The van der Waals surface area contributed by atoms with Gasteiger partial charge < -0.3 is 0 Å². The van der Waals surface area contributed by atoms with Crippen LogP contribution in [0.25, 0.3) is 16.9 Å². The number of fused-ring (bicyclic) bond motifs is 3. The van der Waals surface area contributed by atoms with Crippen molar-refractivity contribution < 1.29 is 4.79 Å². The molecule has 1 aliphatic carbocycles. The monoisotopic (exact) mass is 260 g/mol. The predicted molar refractivity (Wildman–Crippen MR) is 77.2 cm³/mol. The molecule has 0 radical (unpaired) electrons. The van der Waals surface area contributed by atoms with Crippen molar-refractivity contribution >= 4 is 5.78 Å². The maximum atomic E-state index is 12.5. The molecule has 0 unspecified atom stereocenters. The van der Waals surface area contributed by atoms with E-state index < -0.39 is 0 Å². The third kappa shape index (κ3) is 1.35. The number of hydrogen-bond donors (Lipinski definition) is 0. The van der Waals surface area contributed by atoms with Gasteiger partial charge in [-0.05, 0) is 19.1 Å². The van der Waals surface area contributed by atoms with Crippen LogP contribution in [0.1, 0.15) is 21.6 Å². The van der Waals surface area contributed by atoms with Crippen molar-refractivity contribution in [1.29, 1.82) is 0 Å². The fraction of sp³-hybridized carbons (Fsp3) is 0.0588. The minimum atomic E-state index is 0.0790. The lowest BCUT2D eigenvalue weighted by Gasteiger charge is -2.05. The molecule has 0 aliphatic heterocycles. The molecule has 4 rings (SSSR count). The normalized spacial score (nSPS) is 12.3. The molecule has 0 atom stereocenters. The molecule has 3 nitrogen and oxygen atoms in total. The molecule has 1 aliphatic rings. The molecule has 0 N–H and O–H groups in total. The fourth-order valence-corrected chi connectivity index (χ4v) is 2.81. The second-order valence-corrected chi connectivity index (χ2v) is 4.93. The van der Waals surface area contributed by atoms with Gasteiger partial charge in [-0.15, -0.1) is 0 Å². The fourth-order valence-electron chi connectivity index (χ4n) is 2.81. The van der Waals surface area contributed by atoms with Crippen molar-refractivity contribution in [2.24, 2.45) is 0 Å². The zero-order chi connectivity index (χ0) is 13.7. The highest BCUT2D eigenvalue weighted by molar-refractivity contribution is 6.21. The van der Waals surface area contributed by atoms with Gasteiger partial charge in [-0.1, -0.05) is 42.5 Å². The Balaban J connectivity index is 1.99. The Morgan fingerprint density at radius 3 is 2.30 bits per heavy atom. The van der Waals surface area contributed by atoms with Crippen molar-refractivity contribution in [3.05, 3.63) is 71.4 Å². The Bertz CT molecular complexity index is 831. The summed E-state index contributed by atoms with van der Waals surface area (Å²) in [6, 6.07) is 17.6. The van der Waals surface area contributed by atoms with E-state index in [2.05, 4.69) is 5.10 Å². The van der Waals surface area contributed by atoms with Crippen LogP contribution in [0.4, 0.5) is 0 Å². The molecule has 0 saturated heterocycles. The number of benzene rings is 2. The minimum Gasteiger partial charge on any atom is -0.288 e. The van der Waals surface area contributed by atoms with Crippen LogP contribution < -0.4 is 0 Å². The van der Waals surface area contributed by atoms with Crippen LogP contribution in [-0.2, 0) is 0 Å². The molecule has 3 heteroatoms. The average Bonchev–Trinajstić information content (AvgIpc) is 2.98. The lowest BCUT2D eigenvalue weighted by molar-refractivity contribution is 0.104. The Labute approximate surface area is 116 Å². The van der Waals surface area contributed by atoms with E-state index in [1.807, 2.05) is 66.2 Å². The second kappa shape index (κ2) is 3.90. The van der Waals surface area contributed by atoms with Crippen LogP contribution in [0.5, 0.6) is 0 Å². The average molecular weight is 260 g/mol. The Kier molecular flexibility index (Phi) is 2.18. The summed E-state index contributed by atoms with van der Waals surface area (Å²) < 4.78 is 1.85. The zero-order valence-electron chi connectivity index (χ0n) is 11.0. The van der Waals surface area contributed by atoms with E-state index in [-0.39, 0.29) is 5.78 Å². The van der Waals surface area contributed by atoms with Crippen LogP contribution in [-0.4, -0.2) is 15.6 Å². The van der Waals surface area contributed by atoms with E-state index in [1.54, 1.807) is 0 Å². The number of aromatic nitrogens is 2. The zero-order valence-corrected chi connectivity index (χ0v) is 11.0. The van der Waals surface area contributed by atoms with Gasteiger partial charge in [0.2, 0.25) is 0 Å². The summed E-state index contributed by atoms with van der Waals surface area (Å²) in [6.45, 7) is 1.95. The van der Waals surface area contributed by atoms with Gasteiger partial charge in [0, 0.05) is 11.1 Å². The molecule has 1 aromatic heterocycles. The maximum absolute atomic E-state index is 12.5. The van der Waals surface area contributed by atoms with Gasteiger partial charge in [0.05, 0.1) is 16.9 Å². The topological polar surface area (TPSA) is 34.9 Å². The molecule has 1 heterocycles. The lowest BCUT2D eigenvalue weighted by Crippen LogP contribution is -2.03. The molecule has 0 amide bonds. The summed E-state index contributed by atoms with van der Waals surface area (Å²) >= 11 is 0. The van der Waals surface area contributed by atoms with E-state index in [4.69, 9.17) is 0 Å². The van der Waals surface area contributed by atoms with Crippen LogP contribution >= 0.6 is 0 Å². The molecule has 96 valence electrons. The largest absolute Gasteiger partial charge is 0.288 e. The van der Waals surface area contributed by atoms with Crippen molar-refractivity contribution in [3.63, 3.8) is 0 Å². The number of carbonyl (C=O) groups is 1. The van der Waals surface area contributed by atoms with Crippen LogP contribution in [0.3, 0.4) is 0 Å². The quantitative estimate of drug-likeness (QED) is 0.526. The molecule has 0 spiro atoms. The third-order valence-corrected chi connectivity index (χ3v) is 3.77. The van der Waals surface area contributed by atoms with Gasteiger partial charge in [0.1, 0.15) is 5.69 Å². The summed E-state index contributed by atoms with van der Waals surface area (Å²) in [7, 11) is 0. The standard InChI is InChI=1S/C17H12N2O/c1-11-15-16(13-9-5-6-10-14(13)17(15)20)18-19(11)12-7-3-2-4-8-12/h2-10H,1H3. The molecule has 0 fully saturated rings. The van der Waals surface area contributed by atoms with Crippen molar-refractivity contribution in [2.45, 2.75) is 6.92 Å². The molecule has 2 aromatic carbocycles. The van der Waals surface area contributed by atoms with Crippen LogP contribution in [0.15, 0.2) is 54.6 Å². The summed E-state index contributed by atoms with van der Waals surface area (Å²) in [5.74, 6) is 0.0790. The highest BCUT2D eigenvalue weighted by Gasteiger charge is 2.32. The number of para-hydroxylation sites is 1. The van der Waals surface area contributed by atoms with Gasteiger partial charge in [0.15, 0.2) is 5.78 Å². The van der Waals surface area contributed by atoms with Crippen LogP contribution in [0, 0.1) is 6.92 Å². The van der Waals surface area contributed by atoms with Crippen molar-refractivity contribution in [1.82, 2.24) is 9.78 Å². The minimum absolute atomic E-state index is 0.0790. The summed E-state index contributed by atoms with van der Waals surface area (Å²) in [5, 5.41) is 4.65. The van der Waals surface area contributed by atoms with E-state index in [1.165, 1.54) is 0 Å². The van der Waals surface area contributed by atoms with Gasteiger partial charge in [-0.3, -0.25) is 4.79 Å². The number of rotatable bonds is 1. The highest BCUT2D eigenvalue weighted by Crippen LogP contribution is 2.37. The smallest absolute Gasteiger partial charge is 0.197 e.